The maximum Gasteiger partial charge on any atom is 0.259 e. The van der Waals surface area contributed by atoms with Crippen LogP contribution in [0.2, 0.25) is 5.54 Å². The van der Waals surface area contributed by atoms with Crippen molar-refractivity contribution in [3.8, 4) is 0 Å². The Morgan fingerprint density at radius 3 is 2.05 bits per heavy atom. The van der Waals surface area contributed by atoms with Crippen molar-refractivity contribution in [3.63, 3.8) is 0 Å². The normalized spacial score (nSPS) is 29.2. The SMILES string of the molecule is C[C@H]1C=C[C@H]2CO[Si](c3ccccc3)(c3ccccc3)[C@@H]2C1. The molecule has 0 amide bonds. The lowest BCUT2D eigenvalue weighted by molar-refractivity contribution is 0.325. The fraction of sp³-hybridized carbons (Fsp3) is 0.300. The molecule has 4 rings (SSSR count). The van der Waals surface area contributed by atoms with Crippen LogP contribution in [0.3, 0.4) is 0 Å². The standard InChI is InChI=1S/C20H22OSi/c1-16-12-13-17-15-21-22(20(17)14-16,18-8-4-2-5-9-18)19-10-6-3-7-11-19/h2-13,16-17,20H,14-15H2,1H3/t16-,17-,20+/m0/s1. The van der Waals surface area contributed by atoms with Crippen molar-refractivity contribution in [3.05, 3.63) is 72.8 Å². The van der Waals surface area contributed by atoms with Crippen molar-refractivity contribution in [2.45, 2.75) is 18.9 Å². The summed E-state index contributed by atoms with van der Waals surface area (Å²) in [6, 6.07) is 22.0. The highest BCUT2D eigenvalue weighted by Crippen LogP contribution is 2.45. The van der Waals surface area contributed by atoms with E-state index in [9.17, 15) is 0 Å². The van der Waals surface area contributed by atoms with Gasteiger partial charge in [-0.1, -0.05) is 79.7 Å². The highest BCUT2D eigenvalue weighted by atomic mass is 28.4. The number of hydrogen-bond donors (Lipinski definition) is 0. The molecule has 112 valence electrons. The molecule has 2 aromatic carbocycles. The molecular weight excluding hydrogens is 284 g/mol. The van der Waals surface area contributed by atoms with E-state index in [1.165, 1.54) is 16.8 Å². The van der Waals surface area contributed by atoms with Crippen LogP contribution in [0.15, 0.2) is 72.8 Å². The number of allylic oxidation sites excluding steroid dienone is 1. The zero-order valence-corrected chi connectivity index (χ0v) is 14.0. The molecule has 0 N–H and O–H groups in total. The van der Waals surface area contributed by atoms with Crippen LogP contribution in [-0.4, -0.2) is 14.9 Å². The van der Waals surface area contributed by atoms with Crippen LogP contribution in [-0.2, 0) is 4.43 Å². The van der Waals surface area contributed by atoms with E-state index in [0.717, 1.165) is 6.61 Å². The topological polar surface area (TPSA) is 9.23 Å². The van der Waals surface area contributed by atoms with Crippen molar-refractivity contribution in [1.29, 1.82) is 0 Å². The minimum absolute atomic E-state index is 0.586. The summed E-state index contributed by atoms with van der Waals surface area (Å²) in [5.74, 6) is 1.24. The Balaban J connectivity index is 1.89. The molecule has 1 nitrogen and oxygen atoms in total. The van der Waals surface area contributed by atoms with Gasteiger partial charge in [-0.25, -0.2) is 0 Å². The molecule has 0 saturated carbocycles. The van der Waals surface area contributed by atoms with Gasteiger partial charge >= 0.3 is 0 Å². The molecule has 1 fully saturated rings. The molecule has 1 saturated heterocycles. The van der Waals surface area contributed by atoms with Crippen LogP contribution in [0, 0.1) is 11.8 Å². The first-order valence-corrected chi connectivity index (χ1v) is 10.2. The molecule has 2 heteroatoms. The number of benzene rings is 2. The number of hydrogen-bond acceptors (Lipinski definition) is 1. The van der Waals surface area contributed by atoms with Gasteiger partial charge in [-0.15, -0.1) is 0 Å². The van der Waals surface area contributed by atoms with Gasteiger partial charge in [-0.2, -0.15) is 0 Å². The van der Waals surface area contributed by atoms with Gasteiger partial charge in [0.05, 0.1) is 0 Å². The van der Waals surface area contributed by atoms with Gasteiger partial charge in [0.25, 0.3) is 8.32 Å². The van der Waals surface area contributed by atoms with Gasteiger partial charge in [0.1, 0.15) is 0 Å². The van der Waals surface area contributed by atoms with E-state index in [4.69, 9.17) is 4.43 Å². The van der Waals surface area contributed by atoms with E-state index >= 15 is 0 Å². The Bertz CT molecular complexity index is 625. The third-order valence-corrected chi connectivity index (χ3v) is 9.97. The predicted molar refractivity (Wildman–Crippen MR) is 94.0 cm³/mol. The molecule has 0 aromatic heterocycles. The summed E-state index contributed by atoms with van der Waals surface area (Å²) in [5.41, 5.74) is 0.650. The minimum atomic E-state index is -2.14. The molecule has 2 aliphatic rings. The third-order valence-electron chi connectivity index (χ3n) is 5.26. The van der Waals surface area contributed by atoms with Gasteiger partial charge in [0.15, 0.2) is 0 Å². The molecule has 22 heavy (non-hydrogen) atoms. The number of rotatable bonds is 2. The second-order valence-electron chi connectivity index (χ2n) is 6.65. The van der Waals surface area contributed by atoms with Crippen molar-refractivity contribution in [2.75, 3.05) is 6.61 Å². The summed E-state index contributed by atoms with van der Waals surface area (Å²) in [7, 11) is -2.14. The maximum absolute atomic E-state index is 6.70. The average molecular weight is 306 g/mol. The largest absolute Gasteiger partial charge is 0.407 e. The van der Waals surface area contributed by atoms with Crippen molar-refractivity contribution >= 4 is 18.7 Å². The second-order valence-corrected chi connectivity index (χ2v) is 10.3. The lowest BCUT2D eigenvalue weighted by Crippen LogP contribution is -2.61. The van der Waals surface area contributed by atoms with Crippen molar-refractivity contribution in [1.82, 2.24) is 0 Å². The molecule has 1 aliphatic heterocycles. The lowest BCUT2D eigenvalue weighted by Gasteiger charge is -2.36. The zero-order valence-electron chi connectivity index (χ0n) is 13.0. The van der Waals surface area contributed by atoms with E-state index in [1.807, 2.05) is 0 Å². The minimum Gasteiger partial charge on any atom is -0.407 e. The average Bonchev–Trinajstić information content (AvgIpc) is 2.96. The molecule has 1 aliphatic carbocycles. The van der Waals surface area contributed by atoms with Crippen LogP contribution in [0.25, 0.3) is 0 Å². The fourth-order valence-corrected chi connectivity index (χ4v) is 9.31. The summed E-state index contributed by atoms with van der Waals surface area (Å²) in [6.45, 7) is 3.21. The molecular formula is C20H22OSi. The molecule has 0 radical (unpaired) electrons. The fourth-order valence-electron chi connectivity index (χ4n) is 4.23. The molecule has 0 spiro atoms. The Hall–Kier alpha value is -1.64. The van der Waals surface area contributed by atoms with Gasteiger partial charge in [0, 0.05) is 12.5 Å². The van der Waals surface area contributed by atoms with Gasteiger partial charge in [-0.05, 0) is 28.3 Å². The maximum atomic E-state index is 6.70. The summed E-state index contributed by atoms with van der Waals surface area (Å²) in [4.78, 5) is 0. The first-order valence-electron chi connectivity index (χ1n) is 8.24. The highest BCUT2D eigenvalue weighted by molar-refractivity contribution is 6.99. The number of fused-ring (bicyclic) bond motifs is 1. The predicted octanol–water partition coefficient (Wildman–Crippen LogP) is 3.36. The van der Waals surface area contributed by atoms with Gasteiger partial charge in [-0.3, -0.25) is 0 Å². The van der Waals surface area contributed by atoms with E-state index in [1.54, 1.807) is 0 Å². The van der Waals surface area contributed by atoms with Crippen LogP contribution in [0.1, 0.15) is 13.3 Å². The van der Waals surface area contributed by atoms with Crippen LogP contribution in [0.4, 0.5) is 0 Å². The van der Waals surface area contributed by atoms with E-state index < -0.39 is 8.32 Å². The summed E-state index contributed by atoms with van der Waals surface area (Å²) in [6.07, 6.45) is 6.04. The Labute approximate surface area is 133 Å². The van der Waals surface area contributed by atoms with Crippen LogP contribution < -0.4 is 10.4 Å². The molecule has 1 heterocycles. The van der Waals surface area contributed by atoms with E-state index in [2.05, 4.69) is 79.7 Å². The smallest absolute Gasteiger partial charge is 0.259 e. The Kier molecular flexibility index (Phi) is 3.51. The third kappa shape index (κ3) is 2.10. The second kappa shape index (κ2) is 5.53. The summed E-state index contributed by atoms with van der Waals surface area (Å²) in [5, 5.41) is 2.85. The Morgan fingerprint density at radius 2 is 1.45 bits per heavy atom. The quantitative estimate of drug-likeness (QED) is 0.611. The zero-order chi connectivity index (χ0) is 15.0. The van der Waals surface area contributed by atoms with Crippen molar-refractivity contribution in [2.24, 2.45) is 11.8 Å². The lowest BCUT2D eigenvalue weighted by atomic mass is 9.89. The monoisotopic (exact) mass is 306 g/mol. The van der Waals surface area contributed by atoms with Gasteiger partial charge in [0.2, 0.25) is 0 Å². The van der Waals surface area contributed by atoms with Gasteiger partial charge < -0.3 is 4.43 Å². The molecule has 2 aromatic rings. The van der Waals surface area contributed by atoms with Crippen LogP contribution in [0.5, 0.6) is 0 Å². The highest BCUT2D eigenvalue weighted by Gasteiger charge is 2.55. The van der Waals surface area contributed by atoms with Crippen LogP contribution >= 0.6 is 0 Å². The summed E-state index contributed by atoms with van der Waals surface area (Å²) < 4.78 is 6.70. The van der Waals surface area contributed by atoms with E-state index in [-0.39, 0.29) is 0 Å². The Morgan fingerprint density at radius 1 is 0.864 bits per heavy atom. The molecule has 0 unspecified atom stereocenters. The van der Waals surface area contributed by atoms with E-state index in [0.29, 0.717) is 17.4 Å². The molecule has 3 atom stereocenters. The molecule has 0 bridgehead atoms. The first kappa shape index (κ1) is 14.0. The summed E-state index contributed by atoms with van der Waals surface area (Å²) >= 11 is 0. The first-order chi connectivity index (χ1) is 10.8. The van der Waals surface area contributed by atoms with Crippen molar-refractivity contribution < 1.29 is 4.43 Å².